The number of nitrogens with zero attached hydrogens (tertiary/aromatic N) is 3. The third kappa shape index (κ3) is 3.55. The van der Waals surface area contributed by atoms with E-state index in [1.165, 1.54) is 12.1 Å². The Labute approximate surface area is 206 Å². The van der Waals surface area contributed by atoms with Gasteiger partial charge in [-0.2, -0.15) is 0 Å². The van der Waals surface area contributed by atoms with Crippen LogP contribution in [-0.4, -0.2) is 54.7 Å². The summed E-state index contributed by atoms with van der Waals surface area (Å²) in [5.74, 6) is 0.0720. The molecule has 6 rings (SSSR count). The van der Waals surface area contributed by atoms with Gasteiger partial charge in [-0.1, -0.05) is 29.4 Å². The number of carbonyl (C=O) groups excluding carboxylic acids is 2. The van der Waals surface area contributed by atoms with Gasteiger partial charge in [-0.25, -0.2) is 9.18 Å². The van der Waals surface area contributed by atoms with Crippen molar-refractivity contribution in [3.8, 4) is 11.3 Å². The zero-order valence-corrected chi connectivity index (χ0v) is 19.6. The van der Waals surface area contributed by atoms with E-state index in [4.69, 9.17) is 9.26 Å². The molecular weight excluding hydrogens is 463 g/mol. The van der Waals surface area contributed by atoms with E-state index < -0.39 is 0 Å². The van der Waals surface area contributed by atoms with Crippen molar-refractivity contribution in [1.29, 1.82) is 0 Å². The summed E-state index contributed by atoms with van der Waals surface area (Å²) in [5, 5.41) is 8.35. The molecule has 1 aliphatic heterocycles. The highest BCUT2D eigenvalue weighted by Crippen LogP contribution is 2.46. The standard InChI is InChI=1S/C27H23FN4O4/c1-2-35-27(34)32-13-11-31(12-14-32)21-15-20(29-17-9-7-16(28)8-10-17)22-23-24(21)30-36-26(23)19-6-4-3-5-18(19)25(22)33/h3-10,15,29H,2,11-14H2,1H3. The van der Waals surface area contributed by atoms with Gasteiger partial charge in [0.05, 0.1) is 28.9 Å². The second kappa shape index (κ2) is 8.67. The number of nitrogens with one attached hydrogen (secondary N) is 1. The van der Waals surface area contributed by atoms with Gasteiger partial charge in [-0.05, 0) is 37.3 Å². The van der Waals surface area contributed by atoms with Crippen molar-refractivity contribution in [2.75, 3.05) is 43.0 Å². The minimum atomic E-state index is -0.344. The number of piperazine rings is 1. The van der Waals surface area contributed by atoms with Crippen LogP contribution in [0, 0.1) is 5.82 Å². The van der Waals surface area contributed by atoms with Gasteiger partial charge in [0.15, 0.2) is 11.5 Å². The molecule has 1 saturated heterocycles. The number of fused-ring (bicyclic) bond motifs is 2. The molecule has 1 N–H and O–H groups in total. The van der Waals surface area contributed by atoms with Gasteiger partial charge in [-0.15, -0.1) is 0 Å². The molecule has 1 fully saturated rings. The number of ether oxygens (including phenoxy) is 1. The van der Waals surface area contributed by atoms with E-state index in [-0.39, 0.29) is 17.7 Å². The van der Waals surface area contributed by atoms with Gasteiger partial charge in [-0.3, -0.25) is 4.79 Å². The first-order valence-electron chi connectivity index (χ1n) is 11.8. The van der Waals surface area contributed by atoms with E-state index in [0.717, 1.165) is 5.69 Å². The Kier molecular flexibility index (Phi) is 5.32. The molecule has 2 heterocycles. The van der Waals surface area contributed by atoms with Crippen LogP contribution in [0.1, 0.15) is 22.8 Å². The Morgan fingerprint density at radius 2 is 1.81 bits per heavy atom. The molecule has 3 aromatic carbocycles. The fourth-order valence-electron chi connectivity index (χ4n) is 4.92. The number of halogens is 1. The lowest BCUT2D eigenvalue weighted by Crippen LogP contribution is -2.49. The Morgan fingerprint density at radius 3 is 2.53 bits per heavy atom. The number of hydrogen-bond acceptors (Lipinski definition) is 7. The number of rotatable bonds is 4. The maximum atomic E-state index is 13.7. The van der Waals surface area contributed by atoms with Gasteiger partial charge in [0.2, 0.25) is 0 Å². The van der Waals surface area contributed by atoms with Crippen molar-refractivity contribution in [3.05, 3.63) is 71.5 Å². The molecule has 0 spiro atoms. The third-order valence-electron chi connectivity index (χ3n) is 6.65. The largest absolute Gasteiger partial charge is 0.450 e. The van der Waals surface area contributed by atoms with Crippen LogP contribution >= 0.6 is 0 Å². The second-order valence-corrected chi connectivity index (χ2v) is 8.73. The minimum Gasteiger partial charge on any atom is -0.450 e. The molecule has 1 aliphatic carbocycles. The molecule has 0 saturated carbocycles. The summed E-state index contributed by atoms with van der Waals surface area (Å²) in [7, 11) is 0. The molecule has 1 amide bonds. The molecule has 0 unspecified atom stereocenters. The number of hydrogen-bond donors (Lipinski definition) is 1. The number of anilines is 3. The molecule has 36 heavy (non-hydrogen) atoms. The van der Waals surface area contributed by atoms with E-state index in [1.54, 1.807) is 30.0 Å². The smallest absolute Gasteiger partial charge is 0.409 e. The van der Waals surface area contributed by atoms with Gasteiger partial charge < -0.3 is 24.4 Å². The molecule has 0 atom stereocenters. The Bertz CT molecular complexity index is 1490. The maximum Gasteiger partial charge on any atom is 0.409 e. The normalized spacial score (nSPS) is 14.7. The lowest BCUT2D eigenvalue weighted by Gasteiger charge is -2.36. The van der Waals surface area contributed by atoms with Crippen molar-refractivity contribution >= 4 is 39.8 Å². The van der Waals surface area contributed by atoms with Crippen molar-refractivity contribution in [1.82, 2.24) is 10.1 Å². The molecule has 2 aliphatic rings. The predicted octanol–water partition coefficient (Wildman–Crippen LogP) is 5.20. The van der Waals surface area contributed by atoms with Crippen molar-refractivity contribution in [2.45, 2.75) is 6.92 Å². The number of ketones is 1. The van der Waals surface area contributed by atoms with Gasteiger partial charge in [0.25, 0.3) is 0 Å². The summed E-state index contributed by atoms with van der Waals surface area (Å²) in [6.45, 7) is 4.24. The van der Waals surface area contributed by atoms with E-state index in [1.807, 2.05) is 24.3 Å². The first kappa shape index (κ1) is 22.1. The average molecular weight is 487 g/mol. The zero-order chi connectivity index (χ0) is 24.8. The fraction of sp³-hybridized carbons (Fsp3) is 0.222. The van der Waals surface area contributed by atoms with Crippen LogP contribution in [-0.2, 0) is 4.74 Å². The van der Waals surface area contributed by atoms with E-state index >= 15 is 0 Å². The summed E-state index contributed by atoms with van der Waals surface area (Å²) >= 11 is 0. The SMILES string of the molecule is CCOC(=O)N1CCN(c2cc(Nc3ccc(F)cc3)c3c4c(onc24)-c2ccccc2C3=O)CC1. The van der Waals surface area contributed by atoms with Gasteiger partial charge >= 0.3 is 6.09 Å². The Hall–Kier alpha value is -4.40. The molecule has 0 radical (unpaired) electrons. The quantitative estimate of drug-likeness (QED) is 0.374. The molecule has 0 bridgehead atoms. The van der Waals surface area contributed by atoms with E-state index in [0.29, 0.717) is 77.5 Å². The molecule has 9 heteroatoms. The number of benzene rings is 3. The van der Waals surface area contributed by atoms with E-state index in [2.05, 4.69) is 15.4 Å². The molecular formula is C27H23FN4O4. The van der Waals surface area contributed by atoms with Crippen molar-refractivity contribution in [3.63, 3.8) is 0 Å². The zero-order valence-electron chi connectivity index (χ0n) is 19.6. The molecule has 4 aromatic rings. The number of carbonyl (C=O) groups is 2. The second-order valence-electron chi connectivity index (χ2n) is 8.73. The highest BCUT2D eigenvalue weighted by Gasteiger charge is 2.34. The Morgan fingerprint density at radius 1 is 1.08 bits per heavy atom. The van der Waals surface area contributed by atoms with Crippen LogP contribution in [0.15, 0.2) is 59.1 Å². The number of aromatic nitrogens is 1. The van der Waals surface area contributed by atoms with Crippen LogP contribution in [0.25, 0.3) is 22.2 Å². The van der Waals surface area contributed by atoms with Crippen LogP contribution in [0.3, 0.4) is 0 Å². The highest BCUT2D eigenvalue weighted by molar-refractivity contribution is 6.28. The highest BCUT2D eigenvalue weighted by atomic mass is 19.1. The minimum absolute atomic E-state index is 0.130. The molecule has 1 aromatic heterocycles. The maximum absolute atomic E-state index is 13.7. The topological polar surface area (TPSA) is 87.9 Å². The van der Waals surface area contributed by atoms with Gasteiger partial charge in [0.1, 0.15) is 11.3 Å². The third-order valence-corrected chi connectivity index (χ3v) is 6.65. The average Bonchev–Trinajstić information content (AvgIpc) is 3.34. The molecule has 182 valence electrons. The lowest BCUT2D eigenvalue weighted by molar-refractivity contribution is 0.103. The summed E-state index contributed by atoms with van der Waals surface area (Å²) in [6, 6.07) is 15.2. The van der Waals surface area contributed by atoms with E-state index in [9.17, 15) is 14.0 Å². The lowest BCUT2D eigenvalue weighted by atomic mass is 9.86. The van der Waals surface area contributed by atoms with Crippen molar-refractivity contribution < 1.29 is 23.2 Å². The van der Waals surface area contributed by atoms with Crippen LogP contribution in [0.2, 0.25) is 0 Å². The molecule has 8 nitrogen and oxygen atoms in total. The number of amides is 1. The van der Waals surface area contributed by atoms with Crippen LogP contribution in [0.5, 0.6) is 0 Å². The first-order valence-corrected chi connectivity index (χ1v) is 11.8. The summed E-state index contributed by atoms with van der Waals surface area (Å²) in [6.07, 6.45) is -0.323. The summed E-state index contributed by atoms with van der Waals surface area (Å²) in [5.41, 5.74) is 4.34. The summed E-state index contributed by atoms with van der Waals surface area (Å²) in [4.78, 5) is 29.7. The predicted molar refractivity (Wildman–Crippen MR) is 133 cm³/mol. The van der Waals surface area contributed by atoms with Crippen LogP contribution < -0.4 is 10.2 Å². The summed E-state index contributed by atoms with van der Waals surface area (Å²) < 4.78 is 24.5. The fourth-order valence-corrected chi connectivity index (χ4v) is 4.92. The van der Waals surface area contributed by atoms with Gasteiger partial charge in [0, 0.05) is 43.0 Å². The van der Waals surface area contributed by atoms with Crippen molar-refractivity contribution in [2.24, 2.45) is 0 Å². The Balaban J connectivity index is 1.47. The first-order chi connectivity index (χ1) is 17.5. The monoisotopic (exact) mass is 486 g/mol. The van der Waals surface area contributed by atoms with Crippen LogP contribution in [0.4, 0.5) is 26.2 Å².